The van der Waals surface area contributed by atoms with Gasteiger partial charge in [-0.1, -0.05) is 18.9 Å². The molecular weight excluding hydrogens is 395 g/mol. The molecule has 0 aliphatic heterocycles. The van der Waals surface area contributed by atoms with Gasteiger partial charge in [-0.05, 0) is 43.2 Å². The van der Waals surface area contributed by atoms with Gasteiger partial charge in [-0.25, -0.2) is 14.8 Å². The van der Waals surface area contributed by atoms with Gasteiger partial charge in [0.25, 0.3) is 0 Å². The summed E-state index contributed by atoms with van der Waals surface area (Å²) < 4.78 is 40.6. The van der Waals surface area contributed by atoms with Gasteiger partial charge in [-0.15, -0.1) is 0 Å². The summed E-state index contributed by atoms with van der Waals surface area (Å²) in [6, 6.07) is 8.11. The summed E-state index contributed by atoms with van der Waals surface area (Å²) in [5, 5.41) is 5.14. The minimum absolute atomic E-state index is 0.0877. The highest BCUT2D eigenvalue weighted by Gasteiger charge is 2.30. The second-order valence-electron chi connectivity index (χ2n) is 7.39. The quantitative estimate of drug-likeness (QED) is 0.618. The van der Waals surface area contributed by atoms with Gasteiger partial charge in [-0.3, -0.25) is 0 Å². The molecule has 2 N–H and O–H groups in total. The minimum atomic E-state index is -4.46. The Balaban J connectivity index is 1.40. The predicted molar refractivity (Wildman–Crippen MR) is 107 cm³/mol. The maximum Gasteiger partial charge on any atom is 0.416 e. The fourth-order valence-electron chi connectivity index (χ4n) is 3.94. The molecule has 0 unspecified atom stereocenters. The molecule has 30 heavy (non-hydrogen) atoms. The Kier molecular flexibility index (Phi) is 5.61. The fourth-order valence-corrected chi connectivity index (χ4v) is 3.94. The lowest BCUT2D eigenvalue weighted by molar-refractivity contribution is -0.137. The zero-order valence-electron chi connectivity index (χ0n) is 16.2. The average molecular weight is 417 g/mol. The summed E-state index contributed by atoms with van der Waals surface area (Å²) in [7, 11) is 0. The molecule has 0 spiro atoms. The molecule has 2 heterocycles. The number of rotatable bonds is 5. The molecule has 158 valence electrons. The molecule has 2 amide bonds. The van der Waals surface area contributed by atoms with Crippen molar-refractivity contribution in [1.29, 1.82) is 0 Å². The van der Waals surface area contributed by atoms with Gasteiger partial charge in [-0.2, -0.15) is 13.2 Å². The van der Waals surface area contributed by atoms with Gasteiger partial charge >= 0.3 is 12.2 Å². The Morgan fingerprint density at radius 2 is 1.97 bits per heavy atom. The van der Waals surface area contributed by atoms with Crippen LogP contribution in [-0.2, 0) is 12.6 Å². The number of benzene rings is 1. The van der Waals surface area contributed by atoms with E-state index in [2.05, 4.69) is 25.2 Å². The summed E-state index contributed by atoms with van der Waals surface area (Å²) >= 11 is 0. The van der Waals surface area contributed by atoms with Gasteiger partial charge in [0, 0.05) is 30.9 Å². The lowest BCUT2D eigenvalue weighted by atomic mass is 10.2. The van der Waals surface area contributed by atoms with Crippen molar-refractivity contribution in [3.8, 4) is 0 Å². The summed E-state index contributed by atoms with van der Waals surface area (Å²) in [5.74, 6) is 0.856. The third-order valence-electron chi connectivity index (χ3n) is 5.29. The first-order chi connectivity index (χ1) is 14.4. The van der Waals surface area contributed by atoms with Crippen molar-refractivity contribution >= 4 is 22.9 Å². The zero-order valence-corrected chi connectivity index (χ0v) is 16.2. The van der Waals surface area contributed by atoms with Crippen LogP contribution in [-0.4, -0.2) is 27.1 Å². The van der Waals surface area contributed by atoms with Crippen molar-refractivity contribution in [2.45, 2.75) is 44.3 Å². The van der Waals surface area contributed by atoms with Crippen molar-refractivity contribution < 1.29 is 18.0 Å². The van der Waals surface area contributed by atoms with Crippen LogP contribution in [0.4, 0.5) is 23.7 Å². The van der Waals surface area contributed by atoms with E-state index in [0.717, 1.165) is 42.0 Å². The number of nitrogens with one attached hydrogen (secondary N) is 2. The molecule has 0 radical (unpaired) electrons. The van der Waals surface area contributed by atoms with Gasteiger partial charge in [0.2, 0.25) is 0 Å². The number of hydrogen-bond acceptors (Lipinski definition) is 3. The van der Waals surface area contributed by atoms with Crippen molar-refractivity contribution in [2.75, 3.05) is 11.9 Å². The molecule has 1 aromatic carbocycles. The molecule has 4 rings (SSSR count). The van der Waals surface area contributed by atoms with Crippen molar-refractivity contribution in [2.24, 2.45) is 0 Å². The maximum atomic E-state index is 12.8. The third kappa shape index (κ3) is 4.39. The molecule has 2 aromatic heterocycles. The Morgan fingerprint density at radius 3 is 2.73 bits per heavy atom. The molecule has 1 aliphatic carbocycles. The molecule has 1 saturated carbocycles. The third-order valence-corrected chi connectivity index (χ3v) is 5.29. The molecule has 1 fully saturated rings. The van der Waals surface area contributed by atoms with Crippen LogP contribution < -0.4 is 10.6 Å². The number of nitrogens with zero attached hydrogens (tertiary/aromatic N) is 3. The van der Waals surface area contributed by atoms with E-state index >= 15 is 0 Å². The van der Waals surface area contributed by atoms with E-state index in [1.807, 2.05) is 12.1 Å². The van der Waals surface area contributed by atoms with Crippen LogP contribution in [0, 0.1) is 0 Å². The molecule has 9 heteroatoms. The molecule has 3 aromatic rings. The highest BCUT2D eigenvalue weighted by Crippen LogP contribution is 2.33. The molecule has 1 aliphatic rings. The highest BCUT2D eigenvalue weighted by atomic mass is 19.4. The molecule has 0 saturated heterocycles. The van der Waals surface area contributed by atoms with E-state index in [1.54, 1.807) is 6.20 Å². The molecule has 0 bridgehead atoms. The summed E-state index contributed by atoms with van der Waals surface area (Å²) in [5.41, 5.74) is 0.962. The number of amides is 2. The highest BCUT2D eigenvalue weighted by molar-refractivity contribution is 5.89. The summed E-state index contributed by atoms with van der Waals surface area (Å²) in [4.78, 5) is 21.3. The van der Waals surface area contributed by atoms with Gasteiger partial charge in [0.05, 0.1) is 5.56 Å². The Labute approximate surface area is 171 Å². The number of carbonyl (C=O) groups is 1. The second kappa shape index (κ2) is 8.33. The van der Waals surface area contributed by atoms with Gasteiger partial charge in [0.1, 0.15) is 11.3 Å². The topological polar surface area (TPSA) is 71.8 Å². The van der Waals surface area contributed by atoms with Gasteiger partial charge in [0.15, 0.2) is 5.65 Å². The van der Waals surface area contributed by atoms with E-state index in [4.69, 9.17) is 0 Å². The van der Waals surface area contributed by atoms with Crippen LogP contribution in [0.2, 0.25) is 0 Å². The SMILES string of the molecule is O=C(NCCc1nc2cccnc2n1C1CCCC1)Nc1cccc(C(F)(F)F)c1. The number of halogens is 3. The first kappa shape index (κ1) is 20.2. The second-order valence-corrected chi connectivity index (χ2v) is 7.39. The number of imidazole rings is 1. The molecule has 6 nitrogen and oxygen atoms in total. The van der Waals surface area contributed by atoms with Crippen molar-refractivity contribution in [3.63, 3.8) is 0 Å². The Morgan fingerprint density at radius 1 is 1.17 bits per heavy atom. The first-order valence-electron chi connectivity index (χ1n) is 9.96. The van der Waals surface area contributed by atoms with E-state index in [1.165, 1.54) is 25.0 Å². The van der Waals surface area contributed by atoms with Gasteiger partial charge < -0.3 is 15.2 Å². The van der Waals surface area contributed by atoms with Crippen LogP contribution in [0.3, 0.4) is 0 Å². The van der Waals surface area contributed by atoms with Crippen LogP contribution in [0.5, 0.6) is 0 Å². The number of urea groups is 1. The summed E-state index contributed by atoms with van der Waals surface area (Å²) in [6.07, 6.45) is 2.31. The maximum absolute atomic E-state index is 12.8. The number of pyridine rings is 1. The smallest absolute Gasteiger partial charge is 0.337 e. The first-order valence-corrected chi connectivity index (χ1v) is 9.96. The number of fused-ring (bicyclic) bond motifs is 1. The van der Waals surface area contributed by atoms with Crippen LogP contribution in [0.1, 0.15) is 43.1 Å². The number of anilines is 1. The largest absolute Gasteiger partial charge is 0.416 e. The number of alkyl halides is 3. The van der Waals surface area contributed by atoms with E-state index in [0.29, 0.717) is 19.0 Å². The lowest BCUT2D eigenvalue weighted by Crippen LogP contribution is -2.31. The number of carbonyl (C=O) groups excluding carboxylic acids is 1. The monoisotopic (exact) mass is 417 g/mol. The van der Waals surface area contributed by atoms with E-state index in [-0.39, 0.29) is 5.69 Å². The Bertz CT molecular complexity index is 1040. The standard InChI is InChI=1S/C21H22F3N5O/c22-21(23,24)14-5-3-6-15(13-14)27-20(30)26-12-10-18-28-17-9-4-11-25-19(17)29(18)16-7-1-2-8-16/h3-6,9,11,13,16H,1-2,7-8,10,12H2,(H2,26,27,30). The van der Waals surface area contributed by atoms with E-state index in [9.17, 15) is 18.0 Å². The van der Waals surface area contributed by atoms with Crippen LogP contribution in [0.25, 0.3) is 11.2 Å². The Hall–Kier alpha value is -3.10. The normalized spacial score (nSPS) is 14.9. The zero-order chi connectivity index (χ0) is 21.1. The molecule has 0 atom stereocenters. The van der Waals surface area contributed by atoms with E-state index < -0.39 is 17.8 Å². The summed E-state index contributed by atoms with van der Waals surface area (Å²) in [6.45, 7) is 0.306. The average Bonchev–Trinajstić information content (AvgIpc) is 3.34. The minimum Gasteiger partial charge on any atom is -0.337 e. The van der Waals surface area contributed by atoms with Crippen molar-refractivity contribution in [3.05, 3.63) is 54.0 Å². The number of hydrogen-bond donors (Lipinski definition) is 2. The lowest BCUT2D eigenvalue weighted by Gasteiger charge is -2.16. The van der Waals surface area contributed by atoms with Crippen LogP contribution in [0.15, 0.2) is 42.6 Å². The fraction of sp³-hybridized carbons (Fsp3) is 0.381. The van der Waals surface area contributed by atoms with Crippen LogP contribution >= 0.6 is 0 Å². The predicted octanol–water partition coefficient (Wildman–Crippen LogP) is 4.93. The van der Waals surface area contributed by atoms with Crippen molar-refractivity contribution in [1.82, 2.24) is 19.9 Å². The molecular formula is C21H22F3N5O. The number of aromatic nitrogens is 3.